The number of nitrogens with zero attached hydrogens (tertiary/aromatic N) is 3. The molecule has 1 aliphatic rings. The van der Waals surface area contributed by atoms with Crippen LogP contribution in [-0.2, 0) is 20.2 Å². The molecule has 1 aromatic carbocycles. The van der Waals surface area contributed by atoms with Gasteiger partial charge in [0.25, 0.3) is 0 Å². The van der Waals surface area contributed by atoms with Crippen LogP contribution in [-0.4, -0.2) is 58.3 Å². The number of esters is 1. The number of carbonyl (C=O) groups is 2. The van der Waals surface area contributed by atoms with Gasteiger partial charge in [0.15, 0.2) is 17.3 Å². The number of hydrogen-bond donors (Lipinski definition) is 0. The first kappa shape index (κ1) is 25.2. The Morgan fingerprint density at radius 3 is 2.26 bits per heavy atom. The molecule has 3 rings (SSSR count). The average molecular weight is 485 g/mol. The number of allylic oxidation sites excluding steroid dienone is 1. The second-order valence-corrected chi connectivity index (χ2v) is 8.61. The van der Waals surface area contributed by atoms with Gasteiger partial charge in [0, 0.05) is 18.6 Å². The third-order valence-corrected chi connectivity index (χ3v) is 4.89. The molecule has 1 aliphatic heterocycles. The summed E-state index contributed by atoms with van der Waals surface area (Å²) < 4.78 is 72.1. The minimum atomic E-state index is -3.73. The number of carbonyl (C=O) groups excluding carboxylic acids is 2. The van der Waals surface area contributed by atoms with Crippen molar-refractivity contribution >= 4 is 23.1 Å². The number of rotatable bonds is 5. The van der Waals surface area contributed by atoms with E-state index < -0.39 is 58.9 Å². The number of amides is 1. The van der Waals surface area contributed by atoms with Crippen molar-refractivity contribution < 1.29 is 41.4 Å². The summed E-state index contributed by atoms with van der Waals surface area (Å²) >= 11 is 0. The van der Waals surface area contributed by atoms with Gasteiger partial charge in [0.2, 0.25) is 5.88 Å². The summed E-state index contributed by atoms with van der Waals surface area (Å²) in [5, 5.41) is 0. The van der Waals surface area contributed by atoms with Crippen molar-refractivity contribution in [1.29, 1.82) is 0 Å². The second-order valence-electron chi connectivity index (χ2n) is 8.61. The molecule has 1 aromatic heterocycles. The van der Waals surface area contributed by atoms with Crippen molar-refractivity contribution in [1.82, 2.24) is 14.9 Å². The van der Waals surface area contributed by atoms with Gasteiger partial charge in [-0.3, -0.25) is 4.90 Å². The van der Waals surface area contributed by atoms with Crippen LogP contribution in [0.3, 0.4) is 0 Å². The maximum absolute atomic E-state index is 14.6. The van der Waals surface area contributed by atoms with Gasteiger partial charge >= 0.3 is 18.0 Å². The monoisotopic (exact) mass is 485 g/mol. The van der Waals surface area contributed by atoms with E-state index in [9.17, 15) is 27.2 Å². The van der Waals surface area contributed by atoms with Gasteiger partial charge < -0.3 is 14.2 Å². The van der Waals surface area contributed by atoms with Crippen molar-refractivity contribution in [3.8, 4) is 5.88 Å². The van der Waals surface area contributed by atoms with Crippen LogP contribution in [0, 0.1) is 11.6 Å². The summed E-state index contributed by atoms with van der Waals surface area (Å²) in [5.74, 6) is -7.70. The Labute approximate surface area is 192 Å². The first-order valence-electron chi connectivity index (χ1n) is 10.2. The fourth-order valence-electron chi connectivity index (χ4n) is 3.35. The van der Waals surface area contributed by atoms with Crippen LogP contribution in [0.25, 0.3) is 11.0 Å². The van der Waals surface area contributed by atoms with Gasteiger partial charge in [-0.1, -0.05) is 6.58 Å². The van der Waals surface area contributed by atoms with Crippen LogP contribution in [0.4, 0.5) is 22.4 Å². The van der Waals surface area contributed by atoms with Crippen LogP contribution in [0.2, 0.25) is 0 Å². The molecule has 2 heterocycles. The molecule has 0 N–H and O–H groups in total. The number of benzene rings is 1. The van der Waals surface area contributed by atoms with Crippen LogP contribution in [0.1, 0.15) is 32.9 Å². The predicted molar refractivity (Wildman–Crippen MR) is 111 cm³/mol. The highest BCUT2D eigenvalue weighted by atomic mass is 19.3. The summed E-state index contributed by atoms with van der Waals surface area (Å²) in [6, 6.07) is 0.226. The highest BCUT2D eigenvalue weighted by Gasteiger charge is 2.44. The Morgan fingerprint density at radius 1 is 1.15 bits per heavy atom. The molecule has 0 radical (unpaired) electrons. The first-order chi connectivity index (χ1) is 15.8. The van der Waals surface area contributed by atoms with E-state index in [1.807, 2.05) is 0 Å². The number of hydrogen-bond acceptors (Lipinski definition) is 7. The van der Waals surface area contributed by atoms with Crippen LogP contribution in [0.5, 0.6) is 5.88 Å². The smallest absolute Gasteiger partial charge is 0.411 e. The van der Waals surface area contributed by atoms with Gasteiger partial charge in [-0.2, -0.15) is 8.78 Å². The number of likely N-dealkylation sites (tertiary alicyclic amines) is 1. The first-order valence-corrected chi connectivity index (χ1v) is 10.2. The summed E-state index contributed by atoms with van der Waals surface area (Å²) in [4.78, 5) is 33.5. The lowest BCUT2D eigenvalue weighted by molar-refractivity contribution is -0.145. The Bertz CT molecular complexity index is 1140. The van der Waals surface area contributed by atoms with E-state index in [1.165, 1.54) is 0 Å². The van der Waals surface area contributed by atoms with Crippen molar-refractivity contribution in [2.24, 2.45) is 0 Å². The molecule has 8 nitrogen and oxygen atoms in total. The van der Waals surface area contributed by atoms with E-state index in [2.05, 4.69) is 16.5 Å². The molecular formula is C22H23F4N3O5. The van der Waals surface area contributed by atoms with E-state index >= 15 is 0 Å². The zero-order chi connectivity index (χ0) is 25.4. The lowest BCUT2D eigenvalue weighted by Crippen LogP contribution is -2.44. The molecule has 34 heavy (non-hydrogen) atoms. The summed E-state index contributed by atoms with van der Waals surface area (Å²) in [5.41, 5.74) is -2.40. The fraction of sp³-hybridized carbons (Fsp3) is 0.455. The molecule has 0 bridgehead atoms. The molecule has 1 fully saturated rings. The molecule has 2 unspecified atom stereocenters. The van der Waals surface area contributed by atoms with Crippen LogP contribution >= 0.6 is 0 Å². The molecule has 2 aromatic rings. The number of methoxy groups -OCH3 is 1. The zero-order valence-electron chi connectivity index (χ0n) is 18.9. The summed E-state index contributed by atoms with van der Waals surface area (Å²) in [6.07, 6.45) is -1.64. The predicted octanol–water partition coefficient (Wildman–Crippen LogP) is 4.12. The van der Waals surface area contributed by atoms with Crippen molar-refractivity contribution in [3.05, 3.63) is 42.1 Å². The van der Waals surface area contributed by atoms with Crippen molar-refractivity contribution in [2.45, 2.75) is 50.9 Å². The Balaban J connectivity index is 1.99. The third kappa shape index (κ3) is 5.20. The van der Waals surface area contributed by atoms with Crippen molar-refractivity contribution in [3.63, 3.8) is 0 Å². The fourth-order valence-corrected chi connectivity index (χ4v) is 3.35. The molecule has 2 atom stereocenters. The standard InChI is InChI=1S/C22H23F4N3O5/c1-6-22(25,26)17-18(28-15-9-13(24)12(23)8-14(15)27-17)33-11-7-16(19(30)32-5)29(10-11)20(31)34-21(2,3)4/h6,8-9,11,16H,1,7,10H2,2-5H3. The molecule has 0 aliphatic carbocycles. The van der Waals surface area contributed by atoms with Crippen molar-refractivity contribution in [2.75, 3.05) is 13.7 Å². The molecule has 1 saturated heterocycles. The maximum atomic E-state index is 14.6. The minimum absolute atomic E-state index is 0.123. The quantitative estimate of drug-likeness (QED) is 0.358. The molecular weight excluding hydrogens is 462 g/mol. The SMILES string of the molecule is C=CC(F)(F)c1nc2cc(F)c(F)cc2nc1OC1CC(C(=O)OC)N(C(=O)OC(C)(C)C)C1. The van der Waals surface area contributed by atoms with Crippen LogP contribution in [0.15, 0.2) is 24.8 Å². The summed E-state index contributed by atoms with van der Waals surface area (Å²) in [7, 11) is 1.13. The molecule has 0 saturated carbocycles. The van der Waals surface area contributed by atoms with Gasteiger partial charge in [-0.25, -0.2) is 28.3 Å². The summed E-state index contributed by atoms with van der Waals surface area (Å²) in [6.45, 7) is 7.77. The maximum Gasteiger partial charge on any atom is 0.411 e. The third-order valence-electron chi connectivity index (χ3n) is 4.89. The molecule has 184 valence electrons. The lowest BCUT2D eigenvalue weighted by Gasteiger charge is -2.27. The molecule has 1 amide bonds. The Kier molecular flexibility index (Phi) is 6.72. The van der Waals surface area contributed by atoms with E-state index in [1.54, 1.807) is 20.8 Å². The van der Waals surface area contributed by atoms with E-state index in [4.69, 9.17) is 14.2 Å². The Morgan fingerprint density at radius 2 is 1.74 bits per heavy atom. The normalized spacial score (nSPS) is 18.6. The van der Waals surface area contributed by atoms with E-state index in [0.717, 1.165) is 12.0 Å². The van der Waals surface area contributed by atoms with Gasteiger partial charge in [0.05, 0.1) is 24.7 Å². The average Bonchev–Trinajstić information content (AvgIpc) is 3.16. The number of ether oxygens (including phenoxy) is 3. The highest BCUT2D eigenvalue weighted by molar-refractivity contribution is 5.82. The van der Waals surface area contributed by atoms with Gasteiger partial charge in [0.1, 0.15) is 17.7 Å². The number of fused-ring (bicyclic) bond motifs is 1. The Hall–Kier alpha value is -3.44. The number of alkyl halides is 2. The second kappa shape index (κ2) is 9.07. The van der Waals surface area contributed by atoms with Crippen LogP contribution < -0.4 is 4.74 Å². The lowest BCUT2D eigenvalue weighted by atomic mass is 10.2. The minimum Gasteiger partial charge on any atom is -0.471 e. The molecule has 12 heteroatoms. The van der Waals surface area contributed by atoms with Gasteiger partial charge in [-0.15, -0.1) is 0 Å². The van der Waals surface area contributed by atoms with E-state index in [0.29, 0.717) is 18.2 Å². The topological polar surface area (TPSA) is 90.9 Å². The van der Waals surface area contributed by atoms with Gasteiger partial charge in [-0.05, 0) is 26.8 Å². The van der Waals surface area contributed by atoms with E-state index in [-0.39, 0.29) is 24.0 Å². The molecule has 0 spiro atoms. The number of halogens is 4. The number of aromatic nitrogens is 2. The highest BCUT2D eigenvalue weighted by Crippen LogP contribution is 2.36. The zero-order valence-corrected chi connectivity index (χ0v) is 18.9. The largest absolute Gasteiger partial charge is 0.471 e.